The van der Waals surface area contributed by atoms with Gasteiger partial charge in [-0.3, -0.25) is 0 Å². The van der Waals surface area contributed by atoms with Gasteiger partial charge in [-0.25, -0.2) is 0 Å². The fourth-order valence-electron chi connectivity index (χ4n) is 1.88. The summed E-state index contributed by atoms with van der Waals surface area (Å²) in [6.07, 6.45) is 0. The molecule has 0 unspecified atom stereocenters. The summed E-state index contributed by atoms with van der Waals surface area (Å²) >= 11 is 12.1. The lowest BCUT2D eigenvalue weighted by Crippen LogP contribution is -2.12. The number of rotatable bonds is 5. The molecule has 0 bridgehead atoms. The molecule has 0 amide bonds. The van der Waals surface area contributed by atoms with Crippen LogP contribution in [0.2, 0.25) is 10.0 Å². The molecule has 0 spiro atoms. The molecule has 0 aromatic heterocycles. The van der Waals surface area contributed by atoms with Crippen LogP contribution in [0.1, 0.15) is 18.1 Å². The Kier molecular flexibility index (Phi) is 5.30. The van der Waals surface area contributed by atoms with Gasteiger partial charge in [0, 0.05) is 23.2 Å². The van der Waals surface area contributed by atoms with Crippen LogP contribution in [-0.2, 0) is 6.54 Å². The second-order valence-electron chi connectivity index (χ2n) is 4.57. The number of halogens is 2. The Morgan fingerprint density at radius 1 is 1.05 bits per heavy atom. The molecular weight excluding hydrogens is 293 g/mol. The second kappa shape index (κ2) is 6.98. The molecule has 0 radical (unpaired) electrons. The van der Waals surface area contributed by atoms with Crippen LogP contribution >= 0.6 is 23.2 Å². The predicted octanol–water partition coefficient (Wildman–Crippen LogP) is 5.20. The Balaban J connectivity index is 2.30. The summed E-state index contributed by atoms with van der Waals surface area (Å²) in [5.41, 5.74) is 2.30. The summed E-state index contributed by atoms with van der Waals surface area (Å²) < 4.78 is 5.92. The molecule has 0 aliphatic carbocycles. The Labute approximate surface area is 129 Å². The van der Waals surface area contributed by atoms with E-state index in [4.69, 9.17) is 27.9 Å². The molecule has 0 aliphatic heterocycles. The van der Waals surface area contributed by atoms with Crippen molar-refractivity contribution in [3.63, 3.8) is 0 Å². The topological polar surface area (TPSA) is 21.3 Å². The van der Waals surface area contributed by atoms with Crippen LogP contribution in [0.4, 0.5) is 0 Å². The fraction of sp³-hybridized carbons (Fsp3) is 0.250. The molecule has 0 aliphatic rings. The summed E-state index contributed by atoms with van der Waals surface area (Å²) in [5.74, 6) is 1.36. The highest BCUT2D eigenvalue weighted by Crippen LogP contribution is 2.33. The Morgan fingerprint density at radius 2 is 1.85 bits per heavy atom. The maximum atomic E-state index is 6.13. The van der Waals surface area contributed by atoms with Crippen LogP contribution in [0.3, 0.4) is 0 Å². The van der Waals surface area contributed by atoms with Crippen molar-refractivity contribution in [2.45, 2.75) is 20.4 Å². The van der Waals surface area contributed by atoms with Gasteiger partial charge in [0.1, 0.15) is 11.5 Å². The first-order chi connectivity index (χ1) is 9.60. The van der Waals surface area contributed by atoms with E-state index in [2.05, 4.69) is 25.2 Å². The average Bonchev–Trinajstić information content (AvgIpc) is 2.43. The normalized spacial score (nSPS) is 10.6. The molecule has 20 heavy (non-hydrogen) atoms. The molecule has 0 saturated heterocycles. The molecule has 2 aromatic rings. The highest BCUT2D eigenvalue weighted by molar-refractivity contribution is 6.34. The SMILES string of the molecule is CCNCc1cc(C)ccc1Oc1cc(Cl)ccc1Cl. The van der Waals surface area contributed by atoms with Crippen molar-refractivity contribution < 1.29 is 4.74 Å². The van der Waals surface area contributed by atoms with E-state index in [0.29, 0.717) is 15.8 Å². The number of hydrogen-bond acceptors (Lipinski definition) is 2. The maximum Gasteiger partial charge on any atom is 0.147 e. The zero-order chi connectivity index (χ0) is 14.5. The van der Waals surface area contributed by atoms with Gasteiger partial charge in [-0.05, 0) is 31.7 Å². The molecule has 2 rings (SSSR count). The van der Waals surface area contributed by atoms with E-state index in [0.717, 1.165) is 24.4 Å². The van der Waals surface area contributed by atoms with Gasteiger partial charge in [-0.15, -0.1) is 0 Å². The van der Waals surface area contributed by atoms with Crippen LogP contribution in [0, 0.1) is 6.92 Å². The lowest BCUT2D eigenvalue weighted by Gasteiger charge is -2.13. The lowest BCUT2D eigenvalue weighted by molar-refractivity contribution is 0.473. The van der Waals surface area contributed by atoms with E-state index in [1.807, 2.05) is 12.1 Å². The summed E-state index contributed by atoms with van der Waals surface area (Å²) in [7, 11) is 0. The van der Waals surface area contributed by atoms with Crippen molar-refractivity contribution in [2.24, 2.45) is 0 Å². The van der Waals surface area contributed by atoms with Gasteiger partial charge < -0.3 is 10.1 Å². The van der Waals surface area contributed by atoms with Crippen LogP contribution in [-0.4, -0.2) is 6.54 Å². The fourth-order valence-corrected chi connectivity index (χ4v) is 2.20. The highest BCUT2D eigenvalue weighted by atomic mass is 35.5. The van der Waals surface area contributed by atoms with Crippen LogP contribution in [0.5, 0.6) is 11.5 Å². The molecule has 4 heteroatoms. The number of nitrogens with one attached hydrogen (secondary N) is 1. The van der Waals surface area contributed by atoms with Crippen molar-refractivity contribution in [3.05, 3.63) is 57.6 Å². The number of aryl methyl sites for hydroxylation is 1. The van der Waals surface area contributed by atoms with Crippen molar-refractivity contribution in [2.75, 3.05) is 6.54 Å². The van der Waals surface area contributed by atoms with E-state index in [1.165, 1.54) is 5.56 Å². The smallest absolute Gasteiger partial charge is 0.147 e. The van der Waals surface area contributed by atoms with E-state index in [9.17, 15) is 0 Å². The Hall–Kier alpha value is -1.22. The second-order valence-corrected chi connectivity index (χ2v) is 5.41. The van der Waals surface area contributed by atoms with Crippen LogP contribution in [0.25, 0.3) is 0 Å². The monoisotopic (exact) mass is 309 g/mol. The predicted molar refractivity (Wildman–Crippen MR) is 85.1 cm³/mol. The lowest BCUT2D eigenvalue weighted by atomic mass is 10.1. The summed E-state index contributed by atoms with van der Waals surface area (Å²) in [6.45, 7) is 5.80. The van der Waals surface area contributed by atoms with E-state index >= 15 is 0 Å². The number of hydrogen-bond donors (Lipinski definition) is 1. The highest BCUT2D eigenvalue weighted by Gasteiger charge is 2.08. The Morgan fingerprint density at radius 3 is 2.60 bits per heavy atom. The molecule has 0 atom stereocenters. The summed E-state index contributed by atoms with van der Waals surface area (Å²) in [5, 5.41) is 4.45. The van der Waals surface area contributed by atoms with Gasteiger partial charge in [0.05, 0.1) is 5.02 Å². The quantitative estimate of drug-likeness (QED) is 0.819. The minimum absolute atomic E-state index is 0.546. The summed E-state index contributed by atoms with van der Waals surface area (Å²) in [4.78, 5) is 0. The van der Waals surface area contributed by atoms with Crippen LogP contribution < -0.4 is 10.1 Å². The van der Waals surface area contributed by atoms with Gasteiger partial charge in [0.2, 0.25) is 0 Å². The first-order valence-corrected chi connectivity index (χ1v) is 7.29. The van der Waals surface area contributed by atoms with Gasteiger partial charge in [0.15, 0.2) is 0 Å². The van der Waals surface area contributed by atoms with Crippen molar-refractivity contribution >= 4 is 23.2 Å². The minimum atomic E-state index is 0.546. The zero-order valence-electron chi connectivity index (χ0n) is 11.5. The maximum absolute atomic E-state index is 6.13. The molecule has 0 saturated carbocycles. The van der Waals surface area contributed by atoms with Crippen molar-refractivity contribution in [3.8, 4) is 11.5 Å². The summed E-state index contributed by atoms with van der Waals surface area (Å²) in [6, 6.07) is 11.3. The standard InChI is InChI=1S/C16H17Cl2NO/c1-3-19-10-12-8-11(2)4-7-15(12)20-16-9-13(17)5-6-14(16)18/h4-9,19H,3,10H2,1-2H3. The minimum Gasteiger partial charge on any atom is -0.455 e. The molecule has 106 valence electrons. The van der Waals surface area contributed by atoms with Gasteiger partial charge in [-0.2, -0.15) is 0 Å². The first-order valence-electron chi connectivity index (χ1n) is 6.53. The number of benzene rings is 2. The third kappa shape index (κ3) is 3.89. The van der Waals surface area contributed by atoms with E-state index in [1.54, 1.807) is 18.2 Å². The molecule has 0 heterocycles. The first kappa shape index (κ1) is 15.2. The van der Waals surface area contributed by atoms with Crippen LogP contribution in [0.15, 0.2) is 36.4 Å². The van der Waals surface area contributed by atoms with E-state index in [-0.39, 0.29) is 0 Å². The third-order valence-corrected chi connectivity index (χ3v) is 3.44. The van der Waals surface area contributed by atoms with Crippen molar-refractivity contribution in [1.29, 1.82) is 0 Å². The molecule has 2 nitrogen and oxygen atoms in total. The average molecular weight is 310 g/mol. The molecule has 0 fully saturated rings. The third-order valence-electron chi connectivity index (χ3n) is 2.89. The van der Waals surface area contributed by atoms with E-state index < -0.39 is 0 Å². The molecule has 2 aromatic carbocycles. The van der Waals surface area contributed by atoms with Gasteiger partial charge in [-0.1, -0.05) is 47.8 Å². The molecule has 1 N–H and O–H groups in total. The number of ether oxygens (including phenoxy) is 1. The van der Waals surface area contributed by atoms with Gasteiger partial charge in [0.25, 0.3) is 0 Å². The van der Waals surface area contributed by atoms with Crippen molar-refractivity contribution in [1.82, 2.24) is 5.32 Å². The largest absolute Gasteiger partial charge is 0.455 e. The van der Waals surface area contributed by atoms with Gasteiger partial charge >= 0.3 is 0 Å². The zero-order valence-corrected chi connectivity index (χ0v) is 13.1. The Bertz CT molecular complexity index is 599. The molecular formula is C16H17Cl2NO.